The van der Waals surface area contributed by atoms with E-state index >= 15 is 0 Å². The van der Waals surface area contributed by atoms with Gasteiger partial charge in [0.2, 0.25) is 11.9 Å². The molecule has 0 radical (unpaired) electrons. The Balaban J connectivity index is 1.77. The van der Waals surface area contributed by atoms with Gasteiger partial charge in [-0.1, -0.05) is 0 Å². The van der Waals surface area contributed by atoms with Crippen molar-refractivity contribution in [2.75, 3.05) is 18.5 Å². The number of rotatable bonds is 1. The lowest BCUT2D eigenvalue weighted by atomic mass is 10.2. The van der Waals surface area contributed by atoms with Crippen LogP contribution in [0.15, 0.2) is 12.4 Å². The van der Waals surface area contributed by atoms with Gasteiger partial charge in [0.15, 0.2) is 0 Å². The van der Waals surface area contributed by atoms with Gasteiger partial charge in [-0.2, -0.15) is 5.10 Å². The standard InChI is InChI=1S/C12H14N6O/c1-17-6-7-2-3-10(11(17)19)18(7)12-13-4-9-8(15-12)5-14-16-9/h4-5,7,10H,2-3,6H2,1H3,(H,14,16). The molecule has 4 rings (SSSR count). The van der Waals surface area contributed by atoms with Gasteiger partial charge in [-0.25, -0.2) is 9.97 Å². The van der Waals surface area contributed by atoms with E-state index in [0.717, 1.165) is 30.4 Å². The molecule has 0 saturated carbocycles. The Morgan fingerprint density at radius 2 is 2.26 bits per heavy atom. The molecule has 0 aromatic carbocycles. The maximum Gasteiger partial charge on any atom is 0.245 e. The lowest BCUT2D eigenvalue weighted by Gasteiger charge is -2.38. The maximum absolute atomic E-state index is 12.2. The van der Waals surface area contributed by atoms with E-state index in [2.05, 4.69) is 25.1 Å². The van der Waals surface area contributed by atoms with Gasteiger partial charge in [-0.3, -0.25) is 9.89 Å². The highest BCUT2D eigenvalue weighted by Gasteiger charge is 2.45. The summed E-state index contributed by atoms with van der Waals surface area (Å²) in [6.45, 7) is 0.752. The quantitative estimate of drug-likeness (QED) is 0.788. The number of nitrogens with zero attached hydrogens (tertiary/aromatic N) is 5. The fraction of sp³-hybridized carbons (Fsp3) is 0.500. The molecule has 1 amide bonds. The number of hydrogen-bond donors (Lipinski definition) is 1. The normalized spacial score (nSPS) is 26.5. The molecule has 1 N–H and O–H groups in total. The molecule has 0 spiro atoms. The van der Waals surface area contributed by atoms with E-state index in [1.807, 2.05) is 11.9 Å². The summed E-state index contributed by atoms with van der Waals surface area (Å²) >= 11 is 0. The van der Waals surface area contributed by atoms with Crippen molar-refractivity contribution in [1.82, 2.24) is 25.1 Å². The van der Waals surface area contributed by atoms with Crippen LogP contribution in [0.25, 0.3) is 11.0 Å². The van der Waals surface area contributed by atoms with Gasteiger partial charge in [-0.05, 0) is 12.8 Å². The van der Waals surface area contributed by atoms with E-state index in [9.17, 15) is 4.79 Å². The van der Waals surface area contributed by atoms with Crippen LogP contribution in [0.5, 0.6) is 0 Å². The number of hydrogen-bond acceptors (Lipinski definition) is 5. The molecular formula is C12H14N6O. The lowest BCUT2D eigenvalue weighted by Crippen LogP contribution is -2.56. The van der Waals surface area contributed by atoms with Gasteiger partial charge in [0.05, 0.1) is 18.4 Å². The number of carbonyl (C=O) groups is 1. The summed E-state index contributed by atoms with van der Waals surface area (Å²) in [5.74, 6) is 0.812. The molecule has 2 aliphatic heterocycles. The first-order valence-corrected chi connectivity index (χ1v) is 6.43. The molecule has 2 saturated heterocycles. The molecule has 2 aromatic rings. The fourth-order valence-corrected chi connectivity index (χ4v) is 3.12. The summed E-state index contributed by atoms with van der Waals surface area (Å²) < 4.78 is 0. The van der Waals surface area contributed by atoms with Crippen LogP contribution >= 0.6 is 0 Å². The highest BCUT2D eigenvalue weighted by atomic mass is 16.2. The van der Waals surface area contributed by atoms with Crippen molar-refractivity contribution >= 4 is 22.9 Å². The van der Waals surface area contributed by atoms with E-state index in [1.54, 1.807) is 12.4 Å². The van der Waals surface area contributed by atoms with Crippen LogP contribution in [0.2, 0.25) is 0 Å². The molecule has 2 atom stereocenters. The number of carbonyl (C=O) groups excluding carboxylic acids is 1. The molecule has 2 unspecified atom stereocenters. The van der Waals surface area contributed by atoms with Gasteiger partial charge < -0.3 is 9.80 Å². The van der Waals surface area contributed by atoms with E-state index < -0.39 is 0 Å². The van der Waals surface area contributed by atoms with E-state index in [4.69, 9.17) is 0 Å². The molecule has 2 fully saturated rings. The van der Waals surface area contributed by atoms with Crippen molar-refractivity contribution in [3.63, 3.8) is 0 Å². The third-order valence-corrected chi connectivity index (χ3v) is 4.06. The number of H-pyrrole nitrogens is 1. The van der Waals surface area contributed by atoms with Crippen molar-refractivity contribution in [3.05, 3.63) is 12.4 Å². The number of fused-ring (bicyclic) bond motifs is 3. The summed E-state index contributed by atoms with van der Waals surface area (Å²) in [5.41, 5.74) is 1.60. The van der Waals surface area contributed by atoms with E-state index in [1.165, 1.54) is 0 Å². The Kier molecular flexibility index (Phi) is 2.06. The van der Waals surface area contributed by atoms with Crippen LogP contribution in [-0.4, -0.2) is 56.6 Å². The number of aromatic amines is 1. The number of anilines is 1. The number of aromatic nitrogens is 4. The summed E-state index contributed by atoms with van der Waals surface area (Å²) in [6.07, 6.45) is 5.32. The third-order valence-electron chi connectivity index (χ3n) is 4.06. The second-order valence-corrected chi connectivity index (χ2v) is 5.21. The Labute approximate surface area is 109 Å². The van der Waals surface area contributed by atoms with Gasteiger partial charge >= 0.3 is 0 Å². The van der Waals surface area contributed by atoms with Crippen LogP contribution < -0.4 is 4.90 Å². The maximum atomic E-state index is 12.2. The third kappa shape index (κ3) is 1.44. The summed E-state index contributed by atoms with van der Waals surface area (Å²) in [6, 6.07) is 0.227. The topological polar surface area (TPSA) is 78.0 Å². The lowest BCUT2D eigenvalue weighted by molar-refractivity contribution is -0.132. The number of piperazine rings is 1. The molecule has 7 heteroatoms. The van der Waals surface area contributed by atoms with Crippen molar-refractivity contribution in [2.45, 2.75) is 24.9 Å². The molecular weight excluding hydrogens is 244 g/mol. The molecule has 98 valence electrons. The van der Waals surface area contributed by atoms with Crippen LogP contribution in [0.1, 0.15) is 12.8 Å². The first-order valence-electron chi connectivity index (χ1n) is 6.43. The minimum Gasteiger partial charge on any atom is -0.342 e. The smallest absolute Gasteiger partial charge is 0.245 e. The largest absolute Gasteiger partial charge is 0.342 e. The Morgan fingerprint density at radius 1 is 1.37 bits per heavy atom. The predicted octanol–water partition coefficient (Wildman–Crippen LogP) is 0.162. The Hall–Kier alpha value is -2.18. The predicted molar refractivity (Wildman–Crippen MR) is 68.6 cm³/mol. The van der Waals surface area contributed by atoms with Crippen molar-refractivity contribution in [3.8, 4) is 0 Å². The van der Waals surface area contributed by atoms with Gasteiger partial charge in [0.25, 0.3) is 0 Å². The highest BCUT2D eigenvalue weighted by molar-refractivity contribution is 5.87. The summed E-state index contributed by atoms with van der Waals surface area (Å²) in [7, 11) is 1.87. The van der Waals surface area contributed by atoms with Crippen LogP contribution in [-0.2, 0) is 4.79 Å². The van der Waals surface area contributed by atoms with E-state index in [0.29, 0.717) is 12.0 Å². The second kappa shape index (κ2) is 3.66. The fourth-order valence-electron chi connectivity index (χ4n) is 3.12. The second-order valence-electron chi connectivity index (χ2n) is 5.21. The average molecular weight is 258 g/mol. The van der Waals surface area contributed by atoms with Crippen LogP contribution in [0.4, 0.5) is 5.95 Å². The number of likely N-dealkylation sites (N-methyl/N-ethyl adjacent to an activating group) is 1. The summed E-state index contributed by atoms with van der Waals surface area (Å²) in [4.78, 5) is 25.0. The van der Waals surface area contributed by atoms with Crippen molar-refractivity contribution in [1.29, 1.82) is 0 Å². The van der Waals surface area contributed by atoms with Crippen molar-refractivity contribution < 1.29 is 4.79 Å². The van der Waals surface area contributed by atoms with Gasteiger partial charge in [-0.15, -0.1) is 0 Å². The zero-order valence-corrected chi connectivity index (χ0v) is 10.6. The molecule has 7 nitrogen and oxygen atoms in total. The number of likely N-dealkylation sites (tertiary alicyclic amines) is 1. The molecule has 2 aromatic heterocycles. The SMILES string of the molecule is CN1CC2CCC(C1=O)N2c1ncc2[nH]ncc2n1. The zero-order chi connectivity index (χ0) is 13.0. The van der Waals surface area contributed by atoms with E-state index in [-0.39, 0.29) is 11.9 Å². The minimum absolute atomic E-state index is 0.104. The minimum atomic E-state index is -0.104. The molecule has 2 aliphatic rings. The molecule has 19 heavy (non-hydrogen) atoms. The van der Waals surface area contributed by atoms with Gasteiger partial charge in [0, 0.05) is 13.6 Å². The average Bonchev–Trinajstić information content (AvgIpc) is 2.99. The zero-order valence-electron chi connectivity index (χ0n) is 10.6. The molecule has 4 heterocycles. The molecule has 0 aliphatic carbocycles. The number of amides is 1. The first-order chi connectivity index (χ1) is 9.24. The summed E-state index contributed by atoms with van der Waals surface area (Å²) in [5, 5.41) is 6.78. The Morgan fingerprint density at radius 3 is 3.16 bits per heavy atom. The Bertz CT molecular complexity index is 652. The van der Waals surface area contributed by atoms with Gasteiger partial charge in [0.1, 0.15) is 17.1 Å². The number of nitrogens with one attached hydrogen (secondary N) is 1. The monoisotopic (exact) mass is 258 g/mol. The first kappa shape index (κ1) is 10.7. The molecule has 2 bridgehead atoms. The van der Waals surface area contributed by atoms with Crippen molar-refractivity contribution in [2.24, 2.45) is 0 Å². The highest BCUT2D eigenvalue weighted by Crippen LogP contribution is 2.33. The van der Waals surface area contributed by atoms with Crippen LogP contribution in [0, 0.1) is 0 Å². The van der Waals surface area contributed by atoms with Crippen LogP contribution in [0.3, 0.4) is 0 Å².